The van der Waals surface area contributed by atoms with Crippen LogP contribution >= 0.6 is 0 Å². The summed E-state index contributed by atoms with van der Waals surface area (Å²) >= 11 is 0. The number of carbonyl (C=O) groups excluding carboxylic acids is 1. The van der Waals surface area contributed by atoms with Crippen molar-refractivity contribution in [3.63, 3.8) is 0 Å². The average molecular weight is 270 g/mol. The van der Waals surface area contributed by atoms with Crippen LogP contribution < -0.4 is 5.32 Å². The van der Waals surface area contributed by atoms with Crippen molar-refractivity contribution in [2.24, 2.45) is 11.3 Å². The van der Waals surface area contributed by atoms with Gasteiger partial charge in [-0.2, -0.15) is 0 Å². The lowest BCUT2D eigenvalue weighted by atomic mass is 9.65. The minimum atomic E-state index is -1.60. The van der Waals surface area contributed by atoms with E-state index in [4.69, 9.17) is 5.11 Å². The maximum atomic E-state index is 13.9. The van der Waals surface area contributed by atoms with Crippen LogP contribution in [-0.4, -0.2) is 47.9 Å². The largest absolute Gasteiger partial charge is 0.393 e. The molecule has 0 aromatic heterocycles. The summed E-state index contributed by atoms with van der Waals surface area (Å²) in [5.74, 6) is 0.804. The highest BCUT2D eigenvalue weighted by Crippen LogP contribution is 2.56. The van der Waals surface area contributed by atoms with E-state index in [9.17, 15) is 9.18 Å². The summed E-state index contributed by atoms with van der Waals surface area (Å²) in [5.41, 5.74) is -1.25. The Morgan fingerprint density at radius 1 is 1.37 bits per heavy atom. The summed E-state index contributed by atoms with van der Waals surface area (Å²) in [5, 5.41) is 12.0. The first-order valence-electron chi connectivity index (χ1n) is 7.40. The third kappa shape index (κ3) is 2.45. The fraction of sp³-hybridized carbons (Fsp3) is 0.929. The molecule has 0 bridgehead atoms. The molecular formula is C14H23FN2O2. The molecule has 0 aromatic rings. The Kier molecular flexibility index (Phi) is 3.20. The van der Waals surface area contributed by atoms with Crippen LogP contribution in [0.2, 0.25) is 0 Å². The van der Waals surface area contributed by atoms with Crippen molar-refractivity contribution in [1.29, 1.82) is 0 Å². The number of aliphatic hydroxyl groups excluding tert-OH is 1. The molecule has 2 amide bonds. The highest BCUT2D eigenvalue weighted by Gasteiger charge is 2.49. The molecule has 1 heterocycles. The number of nitrogens with zero attached hydrogens (tertiary/aromatic N) is 1. The van der Waals surface area contributed by atoms with Crippen LogP contribution in [0.4, 0.5) is 9.18 Å². The van der Waals surface area contributed by atoms with Gasteiger partial charge in [0.1, 0.15) is 0 Å². The first kappa shape index (κ1) is 13.2. The zero-order valence-electron chi connectivity index (χ0n) is 11.3. The normalized spacial score (nSPS) is 33.1. The van der Waals surface area contributed by atoms with Gasteiger partial charge in [-0.1, -0.05) is 6.42 Å². The van der Waals surface area contributed by atoms with E-state index >= 15 is 0 Å². The van der Waals surface area contributed by atoms with Gasteiger partial charge in [0.2, 0.25) is 0 Å². The molecule has 2 aliphatic carbocycles. The Hall–Kier alpha value is -0.840. The molecule has 3 fully saturated rings. The third-order valence-electron chi connectivity index (χ3n) is 5.26. The number of aliphatic hydroxyl groups is 1. The zero-order valence-corrected chi connectivity index (χ0v) is 11.3. The first-order chi connectivity index (χ1) is 9.07. The monoisotopic (exact) mass is 270 g/mol. The molecule has 2 N–H and O–H groups in total. The number of hydrogen-bond acceptors (Lipinski definition) is 2. The standard InChI is InChI=1S/C14H23FN2O2/c15-14(10-18)6-7-17(9-14)12(19)16-8-13(4-1-5-13)11-2-3-11/h11,18H,1-10H2,(H,16,19). The number of rotatable bonds is 4. The van der Waals surface area contributed by atoms with E-state index in [1.807, 2.05) is 0 Å². The van der Waals surface area contributed by atoms with E-state index in [-0.39, 0.29) is 19.0 Å². The SMILES string of the molecule is O=C(NCC1(C2CC2)CCC1)N1CCC(F)(CO)C1. The molecule has 4 nitrogen and oxygen atoms in total. The van der Waals surface area contributed by atoms with E-state index in [0.717, 1.165) is 12.5 Å². The molecule has 3 aliphatic rings. The van der Waals surface area contributed by atoms with Gasteiger partial charge < -0.3 is 15.3 Å². The predicted molar refractivity (Wildman–Crippen MR) is 69.5 cm³/mol. The van der Waals surface area contributed by atoms with E-state index in [1.54, 1.807) is 0 Å². The molecule has 0 aromatic carbocycles. The maximum absolute atomic E-state index is 13.9. The van der Waals surface area contributed by atoms with Crippen LogP contribution in [0, 0.1) is 11.3 Å². The molecule has 1 aliphatic heterocycles. The first-order valence-corrected chi connectivity index (χ1v) is 7.40. The number of likely N-dealkylation sites (tertiary alicyclic amines) is 1. The van der Waals surface area contributed by atoms with Gasteiger partial charge in [0.05, 0.1) is 13.2 Å². The zero-order chi connectivity index (χ0) is 13.5. The Bertz CT molecular complexity index is 368. The molecule has 0 spiro atoms. The van der Waals surface area contributed by atoms with Crippen molar-refractivity contribution < 1.29 is 14.3 Å². The maximum Gasteiger partial charge on any atom is 0.317 e. The van der Waals surface area contributed by atoms with Crippen molar-refractivity contribution in [3.8, 4) is 0 Å². The van der Waals surface area contributed by atoms with Crippen molar-refractivity contribution in [2.45, 2.75) is 44.2 Å². The van der Waals surface area contributed by atoms with E-state index in [0.29, 0.717) is 12.0 Å². The minimum Gasteiger partial charge on any atom is -0.393 e. The van der Waals surface area contributed by atoms with Crippen LogP contribution in [0.5, 0.6) is 0 Å². The summed E-state index contributed by atoms with van der Waals surface area (Å²) < 4.78 is 13.9. The molecule has 3 rings (SSSR count). The van der Waals surface area contributed by atoms with Gasteiger partial charge in [0.15, 0.2) is 5.67 Å². The Balaban J connectivity index is 1.49. The molecule has 19 heavy (non-hydrogen) atoms. The van der Waals surface area contributed by atoms with Crippen molar-refractivity contribution in [3.05, 3.63) is 0 Å². The van der Waals surface area contributed by atoms with Crippen LogP contribution in [0.3, 0.4) is 0 Å². The van der Waals surface area contributed by atoms with Crippen molar-refractivity contribution in [2.75, 3.05) is 26.2 Å². The van der Waals surface area contributed by atoms with Crippen LogP contribution in [0.1, 0.15) is 38.5 Å². The molecule has 2 saturated carbocycles. The lowest BCUT2D eigenvalue weighted by Crippen LogP contribution is -2.48. The number of hydrogen-bond donors (Lipinski definition) is 2. The summed E-state index contributed by atoms with van der Waals surface area (Å²) in [6, 6.07) is -0.167. The van der Waals surface area contributed by atoms with E-state index in [2.05, 4.69) is 5.32 Å². The van der Waals surface area contributed by atoms with Gasteiger partial charge in [0, 0.05) is 19.5 Å². The molecule has 108 valence electrons. The van der Waals surface area contributed by atoms with Gasteiger partial charge in [-0.25, -0.2) is 9.18 Å². The fourth-order valence-corrected chi connectivity index (χ4v) is 3.56. The lowest BCUT2D eigenvalue weighted by Gasteiger charge is -2.43. The highest BCUT2D eigenvalue weighted by atomic mass is 19.1. The fourth-order valence-electron chi connectivity index (χ4n) is 3.56. The Morgan fingerprint density at radius 2 is 2.11 bits per heavy atom. The predicted octanol–water partition coefficient (Wildman–Crippen LogP) is 1.68. The van der Waals surface area contributed by atoms with Gasteiger partial charge in [0.25, 0.3) is 0 Å². The topological polar surface area (TPSA) is 52.6 Å². The summed E-state index contributed by atoms with van der Waals surface area (Å²) in [6.45, 7) is 0.666. The number of amides is 2. The van der Waals surface area contributed by atoms with Gasteiger partial charge in [-0.15, -0.1) is 0 Å². The van der Waals surface area contributed by atoms with Crippen molar-refractivity contribution >= 4 is 6.03 Å². The van der Waals surface area contributed by atoms with Crippen LogP contribution in [0.15, 0.2) is 0 Å². The van der Waals surface area contributed by atoms with Gasteiger partial charge in [-0.3, -0.25) is 0 Å². The minimum absolute atomic E-state index is 0.0196. The van der Waals surface area contributed by atoms with Gasteiger partial charge >= 0.3 is 6.03 Å². The second-order valence-corrected chi connectivity index (χ2v) is 6.63. The van der Waals surface area contributed by atoms with E-state index in [1.165, 1.54) is 37.0 Å². The summed E-state index contributed by atoms with van der Waals surface area (Å²) in [4.78, 5) is 13.5. The van der Waals surface area contributed by atoms with Gasteiger partial charge in [-0.05, 0) is 37.0 Å². The van der Waals surface area contributed by atoms with E-state index < -0.39 is 12.3 Å². The van der Waals surface area contributed by atoms with Crippen LogP contribution in [0.25, 0.3) is 0 Å². The highest BCUT2D eigenvalue weighted by molar-refractivity contribution is 5.74. The number of alkyl halides is 1. The second-order valence-electron chi connectivity index (χ2n) is 6.63. The molecule has 1 atom stereocenters. The molecule has 0 radical (unpaired) electrons. The molecule has 5 heteroatoms. The molecular weight excluding hydrogens is 247 g/mol. The Morgan fingerprint density at radius 3 is 2.58 bits per heavy atom. The summed E-state index contributed by atoms with van der Waals surface area (Å²) in [7, 11) is 0. The molecule has 1 unspecified atom stereocenters. The summed E-state index contributed by atoms with van der Waals surface area (Å²) in [6.07, 6.45) is 6.57. The average Bonchev–Trinajstić information content (AvgIpc) is 3.11. The number of halogens is 1. The lowest BCUT2D eigenvalue weighted by molar-refractivity contribution is 0.0780. The Labute approximate surface area is 113 Å². The number of nitrogens with one attached hydrogen (secondary N) is 1. The third-order valence-corrected chi connectivity index (χ3v) is 5.26. The smallest absolute Gasteiger partial charge is 0.317 e. The molecule has 1 saturated heterocycles. The number of urea groups is 1. The quantitative estimate of drug-likeness (QED) is 0.816. The number of carbonyl (C=O) groups is 1. The van der Waals surface area contributed by atoms with Crippen molar-refractivity contribution in [1.82, 2.24) is 10.2 Å². The second kappa shape index (κ2) is 4.62. The van der Waals surface area contributed by atoms with Crippen LogP contribution in [-0.2, 0) is 0 Å².